The lowest BCUT2D eigenvalue weighted by atomic mass is 9.98. The lowest BCUT2D eigenvalue weighted by Gasteiger charge is -2.19. The molecule has 0 bridgehead atoms. The Kier molecular flexibility index (Phi) is 4.44. The van der Waals surface area contributed by atoms with Crippen LogP contribution >= 0.6 is 0 Å². The van der Waals surface area contributed by atoms with Crippen molar-refractivity contribution in [2.75, 3.05) is 0 Å². The smallest absolute Gasteiger partial charge is 0.210 e. The summed E-state index contributed by atoms with van der Waals surface area (Å²) in [6, 6.07) is 1.56. The second kappa shape index (κ2) is 5.81. The van der Waals surface area contributed by atoms with E-state index < -0.39 is 9.84 Å². The molecule has 2 aromatic rings. The van der Waals surface area contributed by atoms with Gasteiger partial charge >= 0.3 is 0 Å². The van der Waals surface area contributed by atoms with Gasteiger partial charge in [0.1, 0.15) is 16.4 Å². The molecule has 2 aromatic carbocycles. The average molecular weight is 348 g/mol. The summed E-state index contributed by atoms with van der Waals surface area (Å²) in [7, 11) is -3.96. The highest BCUT2D eigenvalue weighted by molar-refractivity contribution is 7.91. The van der Waals surface area contributed by atoms with E-state index in [1.165, 1.54) is 0 Å². The lowest BCUT2D eigenvalue weighted by molar-refractivity contribution is 0.451. The fraction of sp³-hybridized carbons (Fsp3) is 0.368. The summed E-state index contributed by atoms with van der Waals surface area (Å²) in [5.74, 6) is -0.237. The Morgan fingerprint density at radius 3 is 1.71 bits per heavy atom. The molecule has 2 rings (SSSR count). The molecular weight excluding hydrogens is 324 g/mol. The Labute approximate surface area is 143 Å². The first kappa shape index (κ1) is 18.3. The number of hydrogen-bond donors (Lipinski definition) is 2. The molecule has 0 heterocycles. The third-order valence-electron chi connectivity index (χ3n) is 5.18. The van der Waals surface area contributed by atoms with Crippen molar-refractivity contribution in [1.29, 1.82) is 0 Å². The Morgan fingerprint density at radius 2 is 1.17 bits per heavy atom. The fourth-order valence-corrected chi connectivity index (χ4v) is 4.99. The first-order chi connectivity index (χ1) is 10.9. The molecular formula is C19H24O4S. The maximum Gasteiger partial charge on any atom is 0.210 e. The van der Waals surface area contributed by atoms with Gasteiger partial charge in [-0.3, -0.25) is 0 Å². The number of aryl methyl sites for hydroxylation is 1. The van der Waals surface area contributed by atoms with Crippen molar-refractivity contribution in [3.63, 3.8) is 0 Å². The van der Waals surface area contributed by atoms with E-state index in [1.807, 2.05) is 13.8 Å². The molecule has 0 amide bonds. The van der Waals surface area contributed by atoms with Crippen molar-refractivity contribution >= 4 is 9.84 Å². The maximum absolute atomic E-state index is 13.3. The van der Waals surface area contributed by atoms with Gasteiger partial charge in [-0.15, -0.1) is 0 Å². The molecule has 0 saturated carbocycles. The van der Waals surface area contributed by atoms with Crippen LogP contribution in [0.15, 0.2) is 15.9 Å². The summed E-state index contributed by atoms with van der Waals surface area (Å²) in [6.07, 6.45) is 0. The van der Waals surface area contributed by atoms with Crippen LogP contribution in [0, 0.1) is 48.5 Å². The van der Waals surface area contributed by atoms with Crippen molar-refractivity contribution in [3.8, 4) is 11.5 Å². The molecule has 0 radical (unpaired) electrons. The van der Waals surface area contributed by atoms with Crippen molar-refractivity contribution in [2.24, 2.45) is 0 Å². The quantitative estimate of drug-likeness (QED) is 0.857. The number of rotatable bonds is 2. The van der Waals surface area contributed by atoms with E-state index in [4.69, 9.17) is 0 Å². The number of sulfone groups is 1. The maximum atomic E-state index is 13.3. The minimum Gasteiger partial charge on any atom is -0.507 e. The molecule has 24 heavy (non-hydrogen) atoms. The largest absolute Gasteiger partial charge is 0.507 e. The molecule has 0 atom stereocenters. The summed E-state index contributed by atoms with van der Waals surface area (Å²) in [5.41, 5.74) is 4.46. The predicted molar refractivity (Wildman–Crippen MR) is 94.8 cm³/mol. The molecule has 5 heteroatoms. The van der Waals surface area contributed by atoms with Crippen LogP contribution in [-0.2, 0) is 9.84 Å². The summed E-state index contributed by atoms with van der Waals surface area (Å²) in [4.78, 5) is -0.0435. The summed E-state index contributed by atoms with van der Waals surface area (Å²) < 4.78 is 26.5. The third kappa shape index (κ3) is 2.47. The van der Waals surface area contributed by atoms with E-state index in [-0.39, 0.29) is 21.3 Å². The van der Waals surface area contributed by atoms with Gasteiger partial charge in [-0.05, 0) is 87.9 Å². The Balaban J connectivity index is 2.94. The van der Waals surface area contributed by atoms with Crippen molar-refractivity contribution < 1.29 is 18.6 Å². The molecule has 0 aromatic heterocycles. The average Bonchev–Trinajstić information content (AvgIpc) is 2.52. The molecule has 0 saturated heterocycles. The van der Waals surface area contributed by atoms with E-state index in [1.54, 1.807) is 40.7 Å². The zero-order valence-electron chi connectivity index (χ0n) is 15.2. The van der Waals surface area contributed by atoms with Crippen LogP contribution in [0.5, 0.6) is 11.5 Å². The van der Waals surface area contributed by atoms with Crippen molar-refractivity contribution in [3.05, 3.63) is 45.0 Å². The van der Waals surface area contributed by atoms with E-state index in [0.717, 1.165) is 11.1 Å². The first-order valence-corrected chi connectivity index (χ1v) is 9.25. The number of hydrogen-bond acceptors (Lipinski definition) is 4. The first-order valence-electron chi connectivity index (χ1n) is 7.77. The monoisotopic (exact) mass is 348 g/mol. The zero-order chi connectivity index (χ0) is 18.6. The molecule has 0 spiro atoms. The second-order valence-corrected chi connectivity index (χ2v) is 8.33. The Morgan fingerprint density at radius 1 is 0.667 bits per heavy atom. The molecule has 0 aliphatic heterocycles. The summed E-state index contributed by atoms with van der Waals surface area (Å²) >= 11 is 0. The van der Waals surface area contributed by atoms with Gasteiger partial charge in [0.2, 0.25) is 9.84 Å². The summed E-state index contributed by atoms with van der Waals surface area (Å²) in [5, 5.41) is 20.8. The van der Waals surface area contributed by atoms with Gasteiger partial charge in [0.05, 0.1) is 4.90 Å². The molecule has 4 nitrogen and oxygen atoms in total. The van der Waals surface area contributed by atoms with Gasteiger partial charge < -0.3 is 10.2 Å². The van der Waals surface area contributed by atoms with E-state index in [0.29, 0.717) is 27.8 Å². The molecule has 0 aliphatic rings. The van der Waals surface area contributed by atoms with Gasteiger partial charge in [0.25, 0.3) is 0 Å². The standard InChI is InChI=1S/C19H24O4S/c1-9-8-16(15(7)17(20)10(9)2)24(22,23)19-14(6)12(4)11(3)13(5)18(19)21/h8,20-21H,1-7H3. The SMILES string of the molecule is Cc1cc(S(=O)(=O)c2c(C)c(C)c(C)c(C)c2O)c(C)c(O)c1C. The van der Waals surface area contributed by atoms with Crippen LogP contribution in [-0.4, -0.2) is 18.6 Å². The van der Waals surface area contributed by atoms with Crippen LogP contribution in [0.1, 0.15) is 38.9 Å². The van der Waals surface area contributed by atoms with Gasteiger partial charge in [0.15, 0.2) is 0 Å². The minimum atomic E-state index is -3.96. The molecule has 0 unspecified atom stereocenters. The molecule has 0 aliphatic carbocycles. The second-order valence-electron chi connectivity index (χ2n) is 6.47. The van der Waals surface area contributed by atoms with Crippen molar-refractivity contribution in [2.45, 2.75) is 58.3 Å². The Bertz CT molecular complexity index is 925. The van der Waals surface area contributed by atoms with Gasteiger partial charge in [-0.25, -0.2) is 8.42 Å². The summed E-state index contributed by atoms with van der Waals surface area (Å²) in [6.45, 7) is 12.2. The molecule has 2 N–H and O–H groups in total. The van der Waals surface area contributed by atoms with Crippen molar-refractivity contribution in [1.82, 2.24) is 0 Å². The predicted octanol–water partition coefficient (Wildman–Crippen LogP) is 4.09. The van der Waals surface area contributed by atoms with Gasteiger partial charge in [-0.2, -0.15) is 0 Å². The number of benzene rings is 2. The topological polar surface area (TPSA) is 74.6 Å². The third-order valence-corrected chi connectivity index (χ3v) is 7.22. The number of phenols is 2. The van der Waals surface area contributed by atoms with Crippen LogP contribution in [0.2, 0.25) is 0 Å². The van der Waals surface area contributed by atoms with E-state index in [9.17, 15) is 18.6 Å². The highest BCUT2D eigenvalue weighted by Gasteiger charge is 2.30. The van der Waals surface area contributed by atoms with Gasteiger partial charge in [0, 0.05) is 5.56 Å². The van der Waals surface area contributed by atoms with Gasteiger partial charge in [-0.1, -0.05) is 0 Å². The Hall–Kier alpha value is -2.01. The molecule has 0 fully saturated rings. The molecule has 130 valence electrons. The zero-order valence-corrected chi connectivity index (χ0v) is 16.0. The van der Waals surface area contributed by atoms with E-state index in [2.05, 4.69) is 0 Å². The number of phenolic OH excluding ortho intramolecular Hbond substituents is 2. The highest BCUT2D eigenvalue weighted by atomic mass is 32.2. The highest BCUT2D eigenvalue weighted by Crippen LogP contribution is 2.41. The normalized spacial score (nSPS) is 11.8. The van der Waals surface area contributed by atoms with Crippen LogP contribution in [0.4, 0.5) is 0 Å². The van der Waals surface area contributed by atoms with Crippen LogP contribution in [0.3, 0.4) is 0 Å². The van der Waals surface area contributed by atoms with Crippen LogP contribution < -0.4 is 0 Å². The fourth-order valence-electron chi connectivity index (χ4n) is 2.97. The van der Waals surface area contributed by atoms with E-state index >= 15 is 0 Å². The number of aromatic hydroxyl groups is 2. The lowest BCUT2D eigenvalue weighted by Crippen LogP contribution is -2.10. The van der Waals surface area contributed by atoms with Crippen LogP contribution in [0.25, 0.3) is 0 Å². The minimum absolute atomic E-state index is 0.0220.